The highest BCUT2D eigenvalue weighted by atomic mass is 79.9. The lowest BCUT2D eigenvalue weighted by Crippen LogP contribution is -2.23. The predicted octanol–water partition coefficient (Wildman–Crippen LogP) is 3.87. The van der Waals surface area contributed by atoms with Gasteiger partial charge in [-0.2, -0.15) is 0 Å². The topological polar surface area (TPSA) is 82.3 Å². The van der Waals surface area contributed by atoms with E-state index in [-0.39, 0.29) is 22.3 Å². The first kappa shape index (κ1) is 21.2. The molecule has 0 radical (unpaired) electrons. The Morgan fingerprint density at radius 1 is 1.10 bits per heavy atom. The Morgan fingerprint density at radius 3 is 2.34 bits per heavy atom. The molecule has 0 aliphatic heterocycles. The van der Waals surface area contributed by atoms with E-state index in [4.69, 9.17) is 4.74 Å². The predicted molar refractivity (Wildman–Crippen MR) is 117 cm³/mol. The molecule has 0 aliphatic rings. The van der Waals surface area contributed by atoms with E-state index in [1.807, 2.05) is 32.0 Å². The molecular weight excluding hydrogens is 458 g/mol. The number of benzene rings is 2. The number of rotatable bonds is 6. The van der Waals surface area contributed by atoms with Crippen molar-refractivity contribution in [2.45, 2.75) is 24.7 Å². The molecule has 29 heavy (non-hydrogen) atoms. The van der Waals surface area contributed by atoms with Crippen LogP contribution in [0.15, 0.2) is 62.7 Å². The van der Waals surface area contributed by atoms with E-state index in [9.17, 15) is 13.2 Å². The van der Waals surface area contributed by atoms with Crippen LogP contribution in [0.5, 0.6) is 5.75 Å². The van der Waals surface area contributed by atoms with Crippen molar-refractivity contribution in [3.63, 3.8) is 0 Å². The molecule has 9 heteroatoms. The normalized spacial score (nSPS) is 11.7. The Labute approximate surface area is 178 Å². The third-order valence-electron chi connectivity index (χ3n) is 4.51. The van der Waals surface area contributed by atoms with E-state index >= 15 is 0 Å². The first-order chi connectivity index (χ1) is 13.7. The maximum atomic E-state index is 13.2. The summed E-state index contributed by atoms with van der Waals surface area (Å²) in [7, 11) is -0.942. The number of nitrogens with one attached hydrogen (secondary N) is 1. The number of hydrogen-bond donors (Lipinski definition) is 1. The number of halogens is 1. The molecule has 0 saturated carbocycles. The first-order valence-electron chi connectivity index (χ1n) is 8.91. The highest BCUT2D eigenvalue weighted by Gasteiger charge is 2.27. The van der Waals surface area contributed by atoms with Crippen LogP contribution in [0.3, 0.4) is 0 Å². The van der Waals surface area contributed by atoms with Crippen molar-refractivity contribution in [3.05, 3.63) is 69.1 Å². The molecule has 0 atom stereocenters. The summed E-state index contributed by atoms with van der Waals surface area (Å²) in [6.45, 7) is 3.81. The van der Waals surface area contributed by atoms with Gasteiger partial charge in [-0.05, 0) is 36.2 Å². The smallest absolute Gasteiger partial charge is 0.296 e. The fraction of sp³-hybridized carbons (Fsp3) is 0.250. The van der Waals surface area contributed by atoms with Gasteiger partial charge in [0, 0.05) is 11.5 Å². The molecule has 3 rings (SSSR count). The Bertz CT molecular complexity index is 1200. The average molecular weight is 480 g/mol. The molecule has 3 aromatic rings. The number of sulfonamides is 1. The standard InChI is InChI=1S/C20H22BrN3O4S/c1-13(2)19-18(20(25)24(23(19)3)15-8-6-5-7-9-15)22-29(26,27)17-12-14(21)10-11-16(17)28-4/h5-13,22H,1-4H3. The SMILES string of the molecule is COc1ccc(Br)cc1S(=O)(=O)Nc1c(C(C)C)n(C)n(-c2ccccc2)c1=O. The molecule has 1 aromatic heterocycles. The van der Waals surface area contributed by atoms with E-state index < -0.39 is 15.6 Å². The number of anilines is 1. The Balaban J connectivity index is 2.20. The van der Waals surface area contributed by atoms with Gasteiger partial charge >= 0.3 is 0 Å². The number of hydrogen-bond acceptors (Lipinski definition) is 4. The summed E-state index contributed by atoms with van der Waals surface area (Å²) in [5, 5.41) is 0. The second-order valence-corrected chi connectivity index (χ2v) is 9.36. The molecule has 1 heterocycles. The molecule has 0 fully saturated rings. The van der Waals surface area contributed by atoms with Gasteiger partial charge in [0.2, 0.25) is 0 Å². The molecule has 1 N–H and O–H groups in total. The zero-order valence-electron chi connectivity index (χ0n) is 16.5. The van der Waals surface area contributed by atoms with Gasteiger partial charge in [-0.25, -0.2) is 13.1 Å². The molecular formula is C20H22BrN3O4S. The van der Waals surface area contributed by atoms with Crippen LogP contribution < -0.4 is 15.0 Å². The molecule has 0 aliphatic carbocycles. The molecule has 7 nitrogen and oxygen atoms in total. The minimum absolute atomic E-state index is 0.0216. The number of nitrogens with zero attached hydrogens (tertiary/aromatic N) is 2. The lowest BCUT2D eigenvalue weighted by Gasteiger charge is -2.14. The monoisotopic (exact) mass is 479 g/mol. The first-order valence-corrected chi connectivity index (χ1v) is 11.2. The van der Waals surface area contributed by atoms with Gasteiger partial charge in [-0.3, -0.25) is 14.2 Å². The van der Waals surface area contributed by atoms with Gasteiger partial charge in [0.1, 0.15) is 16.3 Å². The Kier molecular flexibility index (Phi) is 5.90. The van der Waals surface area contributed by atoms with Gasteiger partial charge in [-0.1, -0.05) is 48.0 Å². The highest BCUT2D eigenvalue weighted by Crippen LogP contribution is 2.30. The molecule has 0 saturated heterocycles. The molecule has 2 aromatic carbocycles. The second kappa shape index (κ2) is 8.08. The average Bonchev–Trinajstić information content (AvgIpc) is 2.91. The largest absolute Gasteiger partial charge is 0.495 e. The van der Waals surface area contributed by atoms with Crippen molar-refractivity contribution in [3.8, 4) is 11.4 Å². The van der Waals surface area contributed by atoms with Gasteiger partial charge in [-0.15, -0.1) is 0 Å². The number of aromatic nitrogens is 2. The van der Waals surface area contributed by atoms with Crippen molar-refractivity contribution in [2.24, 2.45) is 7.05 Å². The van der Waals surface area contributed by atoms with Crippen LogP contribution in [0.4, 0.5) is 5.69 Å². The fourth-order valence-corrected chi connectivity index (χ4v) is 5.07. The van der Waals surface area contributed by atoms with Crippen molar-refractivity contribution in [1.82, 2.24) is 9.36 Å². The summed E-state index contributed by atoms with van der Waals surface area (Å²) in [6.07, 6.45) is 0. The van der Waals surface area contributed by atoms with Gasteiger partial charge in [0.15, 0.2) is 0 Å². The summed E-state index contributed by atoms with van der Waals surface area (Å²) in [4.78, 5) is 13.2. The Hall–Kier alpha value is -2.52. The van der Waals surface area contributed by atoms with E-state index in [1.54, 1.807) is 36.0 Å². The maximum Gasteiger partial charge on any atom is 0.296 e. The molecule has 0 unspecified atom stereocenters. The van der Waals surface area contributed by atoms with Crippen molar-refractivity contribution in [2.75, 3.05) is 11.8 Å². The summed E-state index contributed by atoms with van der Waals surface area (Å²) >= 11 is 3.28. The second-order valence-electron chi connectivity index (χ2n) is 6.79. The minimum Gasteiger partial charge on any atom is -0.495 e. The maximum absolute atomic E-state index is 13.2. The molecule has 154 valence electrons. The summed E-state index contributed by atoms with van der Waals surface area (Å²) in [5.74, 6) is 0.0888. The number of methoxy groups -OCH3 is 1. The zero-order chi connectivity index (χ0) is 21.3. The van der Waals surface area contributed by atoms with E-state index in [0.717, 1.165) is 0 Å². The third-order valence-corrected chi connectivity index (χ3v) is 6.37. The van der Waals surface area contributed by atoms with Gasteiger partial charge < -0.3 is 4.74 Å². The zero-order valence-corrected chi connectivity index (χ0v) is 18.9. The molecule has 0 amide bonds. The van der Waals surface area contributed by atoms with Crippen LogP contribution in [0.2, 0.25) is 0 Å². The van der Waals surface area contributed by atoms with Crippen LogP contribution >= 0.6 is 15.9 Å². The van der Waals surface area contributed by atoms with E-state index in [2.05, 4.69) is 20.7 Å². The van der Waals surface area contributed by atoms with Crippen LogP contribution in [0.1, 0.15) is 25.5 Å². The van der Waals surface area contributed by atoms with Crippen LogP contribution in [-0.4, -0.2) is 24.9 Å². The van der Waals surface area contributed by atoms with E-state index in [0.29, 0.717) is 15.9 Å². The van der Waals surface area contributed by atoms with Crippen molar-refractivity contribution in [1.29, 1.82) is 0 Å². The van der Waals surface area contributed by atoms with Crippen LogP contribution in [-0.2, 0) is 17.1 Å². The van der Waals surface area contributed by atoms with Crippen LogP contribution in [0.25, 0.3) is 5.69 Å². The van der Waals surface area contributed by atoms with Crippen molar-refractivity contribution >= 4 is 31.6 Å². The lowest BCUT2D eigenvalue weighted by atomic mass is 10.1. The third kappa shape index (κ3) is 3.97. The van der Waals surface area contributed by atoms with Crippen molar-refractivity contribution < 1.29 is 13.2 Å². The molecule has 0 spiro atoms. The Morgan fingerprint density at radius 2 is 1.76 bits per heavy atom. The van der Waals surface area contributed by atoms with Gasteiger partial charge in [0.05, 0.1) is 18.5 Å². The van der Waals surface area contributed by atoms with Gasteiger partial charge in [0.25, 0.3) is 15.6 Å². The lowest BCUT2D eigenvalue weighted by molar-refractivity contribution is 0.403. The fourth-order valence-electron chi connectivity index (χ4n) is 3.29. The number of ether oxygens (including phenoxy) is 1. The molecule has 0 bridgehead atoms. The quantitative estimate of drug-likeness (QED) is 0.581. The minimum atomic E-state index is -4.07. The van der Waals surface area contributed by atoms with E-state index in [1.165, 1.54) is 17.9 Å². The summed E-state index contributed by atoms with van der Waals surface area (Å²) in [5.41, 5.74) is 0.803. The van der Waals surface area contributed by atoms with Crippen LogP contribution in [0, 0.1) is 0 Å². The summed E-state index contributed by atoms with van der Waals surface area (Å²) < 4.78 is 37.7. The summed E-state index contributed by atoms with van der Waals surface area (Å²) in [6, 6.07) is 13.7. The highest BCUT2D eigenvalue weighted by molar-refractivity contribution is 9.10. The number of para-hydroxylation sites is 1.